The molecule has 0 aliphatic carbocycles. The van der Waals surface area contributed by atoms with Gasteiger partial charge in [0.25, 0.3) is 0 Å². The minimum atomic E-state index is -0.377. The SMILES string of the molecule is COC(=O)c1ccc(Oc2cccc(N(C)c3nc(C)nc4ccccc34)c2)cc1. The molecule has 6 heteroatoms. The van der Waals surface area contributed by atoms with E-state index in [2.05, 4.69) is 9.97 Å². The average molecular weight is 399 g/mol. The summed E-state index contributed by atoms with van der Waals surface area (Å²) in [7, 11) is 3.33. The van der Waals surface area contributed by atoms with Crippen LogP contribution in [0.2, 0.25) is 0 Å². The first-order chi connectivity index (χ1) is 14.5. The molecule has 0 fully saturated rings. The van der Waals surface area contributed by atoms with Crippen molar-refractivity contribution in [3.05, 3.63) is 84.2 Å². The Hall–Kier alpha value is -3.93. The number of hydrogen-bond donors (Lipinski definition) is 0. The topological polar surface area (TPSA) is 64.6 Å². The fourth-order valence-corrected chi connectivity index (χ4v) is 3.22. The summed E-state index contributed by atoms with van der Waals surface area (Å²) >= 11 is 0. The second kappa shape index (κ2) is 8.21. The van der Waals surface area contributed by atoms with Gasteiger partial charge in [0.15, 0.2) is 0 Å². The fraction of sp³-hybridized carbons (Fsp3) is 0.125. The molecule has 0 bridgehead atoms. The van der Waals surface area contributed by atoms with Crippen molar-refractivity contribution >= 4 is 28.4 Å². The number of rotatable bonds is 5. The molecule has 0 aliphatic rings. The van der Waals surface area contributed by atoms with Gasteiger partial charge in [0.1, 0.15) is 23.1 Å². The van der Waals surface area contributed by atoms with Crippen LogP contribution in [0.15, 0.2) is 72.8 Å². The van der Waals surface area contributed by atoms with Gasteiger partial charge >= 0.3 is 5.97 Å². The Labute approximate surface area is 174 Å². The molecule has 0 saturated heterocycles. The van der Waals surface area contributed by atoms with Gasteiger partial charge in [-0.15, -0.1) is 0 Å². The van der Waals surface area contributed by atoms with Crippen LogP contribution >= 0.6 is 0 Å². The Morgan fingerprint density at radius 2 is 1.67 bits per heavy atom. The van der Waals surface area contributed by atoms with E-state index < -0.39 is 0 Å². The van der Waals surface area contributed by atoms with Crippen LogP contribution in [-0.4, -0.2) is 30.1 Å². The molecule has 0 atom stereocenters. The van der Waals surface area contributed by atoms with Crippen molar-refractivity contribution < 1.29 is 14.3 Å². The molecule has 1 heterocycles. The van der Waals surface area contributed by atoms with Gasteiger partial charge in [-0.05, 0) is 55.5 Å². The lowest BCUT2D eigenvalue weighted by atomic mass is 10.2. The maximum Gasteiger partial charge on any atom is 0.337 e. The first-order valence-corrected chi connectivity index (χ1v) is 9.48. The number of hydrogen-bond acceptors (Lipinski definition) is 6. The molecule has 4 aromatic rings. The van der Waals surface area contributed by atoms with Gasteiger partial charge < -0.3 is 14.4 Å². The number of fused-ring (bicyclic) bond motifs is 1. The van der Waals surface area contributed by atoms with E-state index in [4.69, 9.17) is 9.47 Å². The molecule has 1 aromatic heterocycles. The third-order valence-corrected chi connectivity index (χ3v) is 4.73. The van der Waals surface area contributed by atoms with E-state index in [0.717, 1.165) is 22.4 Å². The van der Waals surface area contributed by atoms with Crippen molar-refractivity contribution in [2.75, 3.05) is 19.1 Å². The van der Waals surface area contributed by atoms with Crippen LogP contribution in [0.25, 0.3) is 10.9 Å². The highest BCUT2D eigenvalue weighted by atomic mass is 16.5. The minimum absolute atomic E-state index is 0.377. The molecule has 0 aliphatic heterocycles. The zero-order valence-electron chi connectivity index (χ0n) is 17.0. The van der Waals surface area contributed by atoms with Gasteiger partial charge in [0.2, 0.25) is 0 Å². The standard InChI is InChI=1S/C24H21N3O3/c1-16-25-22-10-5-4-9-21(22)23(26-16)27(2)18-7-6-8-20(15-18)30-19-13-11-17(12-14-19)24(28)29-3/h4-15H,1-3H3. The second-order valence-electron chi connectivity index (χ2n) is 6.79. The van der Waals surface area contributed by atoms with E-state index >= 15 is 0 Å². The van der Waals surface area contributed by atoms with Gasteiger partial charge in [-0.25, -0.2) is 14.8 Å². The van der Waals surface area contributed by atoms with Crippen LogP contribution in [0.1, 0.15) is 16.2 Å². The molecular weight excluding hydrogens is 378 g/mol. The summed E-state index contributed by atoms with van der Waals surface area (Å²) in [4.78, 5) is 22.8. The van der Waals surface area contributed by atoms with E-state index in [9.17, 15) is 4.79 Å². The molecular formula is C24H21N3O3. The molecule has 0 radical (unpaired) electrons. The van der Waals surface area contributed by atoms with Crippen LogP contribution in [0.4, 0.5) is 11.5 Å². The molecule has 0 N–H and O–H groups in total. The number of ether oxygens (including phenoxy) is 2. The zero-order chi connectivity index (χ0) is 21.1. The van der Waals surface area contributed by atoms with Crippen molar-refractivity contribution in [1.29, 1.82) is 0 Å². The van der Waals surface area contributed by atoms with Crippen LogP contribution in [0.5, 0.6) is 11.5 Å². The van der Waals surface area contributed by atoms with E-state index in [1.807, 2.05) is 67.4 Å². The summed E-state index contributed by atoms with van der Waals surface area (Å²) < 4.78 is 10.7. The number of esters is 1. The van der Waals surface area contributed by atoms with Gasteiger partial charge in [-0.3, -0.25) is 0 Å². The van der Waals surface area contributed by atoms with Gasteiger partial charge in [0, 0.05) is 24.2 Å². The molecule has 0 spiro atoms. The maximum atomic E-state index is 11.6. The van der Waals surface area contributed by atoms with Crippen LogP contribution in [0.3, 0.4) is 0 Å². The highest BCUT2D eigenvalue weighted by Gasteiger charge is 2.13. The number of carbonyl (C=O) groups is 1. The van der Waals surface area contributed by atoms with Crippen molar-refractivity contribution in [3.8, 4) is 11.5 Å². The molecule has 6 nitrogen and oxygen atoms in total. The minimum Gasteiger partial charge on any atom is -0.465 e. The average Bonchev–Trinajstić information content (AvgIpc) is 2.78. The molecule has 150 valence electrons. The Balaban J connectivity index is 1.62. The van der Waals surface area contributed by atoms with Gasteiger partial charge in [-0.1, -0.05) is 18.2 Å². The Morgan fingerprint density at radius 3 is 2.43 bits per heavy atom. The summed E-state index contributed by atoms with van der Waals surface area (Å²) in [5.74, 6) is 2.48. The van der Waals surface area contributed by atoms with E-state index in [-0.39, 0.29) is 5.97 Å². The number of benzene rings is 3. The van der Waals surface area contributed by atoms with Gasteiger partial charge in [-0.2, -0.15) is 0 Å². The third-order valence-electron chi connectivity index (χ3n) is 4.73. The Kier molecular flexibility index (Phi) is 5.30. The molecule has 30 heavy (non-hydrogen) atoms. The highest BCUT2D eigenvalue weighted by molar-refractivity contribution is 5.91. The number of anilines is 2. The van der Waals surface area contributed by atoms with Crippen molar-refractivity contribution in [2.45, 2.75) is 6.92 Å². The smallest absolute Gasteiger partial charge is 0.337 e. The Bertz CT molecular complexity index is 1210. The van der Waals surface area contributed by atoms with Gasteiger partial charge in [0.05, 0.1) is 18.2 Å². The summed E-state index contributed by atoms with van der Waals surface area (Å²) in [6.07, 6.45) is 0. The number of aryl methyl sites for hydroxylation is 1. The number of aromatic nitrogens is 2. The number of methoxy groups -OCH3 is 1. The summed E-state index contributed by atoms with van der Waals surface area (Å²) in [6, 6.07) is 22.5. The molecule has 4 rings (SSSR count). The molecule has 0 amide bonds. The predicted octanol–water partition coefficient (Wildman–Crippen LogP) is 5.29. The fourth-order valence-electron chi connectivity index (χ4n) is 3.22. The lowest BCUT2D eigenvalue weighted by molar-refractivity contribution is 0.0600. The maximum absolute atomic E-state index is 11.6. The number of nitrogens with zero attached hydrogens (tertiary/aromatic N) is 3. The zero-order valence-corrected chi connectivity index (χ0v) is 17.0. The lowest BCUT2D eigenvalue weighted by Gasteiger charge is -2.21. The number of para-hydroxylation sites is 1. The molecule has 0 unspecified atom stereocenters. The van der Waals surface area contributed by atoms with Crippen LogP contribution < -0.4 is 9.64 Å². The molecule has 0 saturated carbocycles. The summed E-state index contributed by atoms with van der Waals surface area (Å²) in [5, 5.41) is 0.982. The largest absolute Gasteiger partial charge is 0.465 e. The quantitative estimate of drug-likeness (QED) is 0.425. The molecule has 3 aromatic carbocycles. The van der Waals surface area contributed by atoms with Crippen molar-refractivity contribution in [2.24, 2.45) is 0 Å². The van der Waals surface area contributed by atoms with E-state index in [1.165, 1.54) is 7.11 Å². The Morgan fingerprint density at radius 1 is 0.900 bits per heavy atom. The van der Waals surface area contributed by atoms with Crippen LogP contribution in [-0.2, 0) is 4.74 Å². The first-order valence-electron chi connectivity index (χ1n) is 9.48. The first kappa shape index (κ1) is 19.4. The predicted molar refractivity (Wildman–Crippen MR) is 117 cm³/mol. The van der Waals surface area contributed by atoms with E-state index in [0.29, 0.717) is 22.9 Å². The summed E-state index contributed by atoms with van der Waals surface area (Å²) in [5.41, 5.74) is 2.32. The lowest BCUT2D eigenvalue weighted by Crippen LogP contribution is -2.13. The normalized spacial score (nSPS) is 10.6. The van der Waals surface area contributed by atoms with E-state index in [1.54, 1.807) is 24.3 Å². The highest BCUT2D eigenvalue weighted by Crippen LogP contribution is 2.32. The number of carbonyl (C=O) groups excluding carboxylic acids is 1. The summed E-state index contributed by atoms with van der Waals surface area (Å²) in [6.45, 7) is 1.89. The van der Waals surface area contributed by atoms with Crippen molar-refractivity contribution in [1.82, 2.24) is 9.97 Å². The van der Waals surface area contributed by atoms with Crippen LogP contribution in [0, 0.1) is 6.92 Å². The second-order valence-corrected chi connectivity index (χ2v) is 6.79. The third kappa shape index (κ3) is 3.93. The monoisotopic (exact) mass is 399 g/mol. The van der Waals surface area contributed by atoms with Crippen molar-refractivity contribution in [3.63, 3.8) is 0 Å².